The predicted octanol–water partition coefficient (Wildman–Crippen LogP) is 1.93. The fraction of sp³-hybridized carbons (Fsp3) is 1.00. The highest BCUT2D eigenvalue weighted by atomic mass is 16.5. The Balaban J connectivity index is 3.02. The van der Waals surface area contributed by atoms with Gasteiger partial charge in [0.15, 0.2) is 0 Å². The normalized spacial score (nSPS) is 13.4. The summed E-state index contributed by atoms with van der Waals surface area (Å²) in [6.45, 7) is 5.87. The van der Waals surface area contributed by atoms with Gasteiger partial charge in [-0.15, -0.1) is 0 Å². The summed E-state index contributed by atoms with van der Waals surface area (Å²) in [6, 6.07) is 0.251. The van der Waals surface area contributed by atoms with Crippen LogP contribution in [0.3, 0.4) is 0 Å². The highest BCUT2D eigenvalue weighted by Gasteiger charge is 2.00. The molecule has 2 heteroatoms. The van der Waals surface area contributed by atoms with Crippen LogP contribution in [0.5, 0.6) is 0 Å². The monoisotopic (exact) mass is 159 g/mol. The number of unbranched alkanes of at least 4 members (excludes halogenated alkanes) is 1. The Bertz CT molecular complexity index is 76.0. The lowest BCUT2D eigenvalue weighted by Gasteiger charge is -2.10. The van der Waals surface area contributed by atoms with Crippen LogP contribution in [-0.4, -0.2) is 19.3 Å². The summed E-state index contributed by atoms with van der Waals surface area (Å²) in [6.07, 6.45) is 4.62. The lowest BCUT2D eigenvalue weighted by Crippen LogP contribution is -2.26. The maximum Gasteiger partial charge on any atom is 0.0617 e. The molecule has 0 bridgehead atoms. The van der Waals surface area contributed by atoms with Gasteiger partial charge in [0.1, 0.15) is 0 Å². The first-order chi connectivity index (χ1) is 5.31. The van der Waals surface area contributed by atoms with E-state index in [0.717, 1.165) is 26.1 Å². The summed E-state index contributed by atoms with van der Waals surface area (Å²) in [7, 11) is 0. The average molecular weight is 159 g/mol. The van der Waals surface area contributed by atoms with Crippen LogP contribution >= 0.6 is 0 Å². The van der Waals surface area contributed by atoms with Gasteiger partial charge < -0.3 is 10.5 Å². The van der Waals surface area contributed by atoms with Crippen molar-refractivity contribution in [3.63, 3.8) is 0 Å². The van der Waals surface area contributed by atoms with Crippen molar-refractivity contribution in [1.29, 1.82) is 0 Å². The van der Waals surface area contributed by atoms with Crippen molar-refractivity contribution in [2.75, 3.05) is 13.2 Å². The number of hydrogen-bond acceptors (Lipinski definition) is 2. The van der Waals surface area contributed by atoms with E-state index < -0.39 is 0 Å². The number of ether oxygens (including phenoxy) is 1. The van der Waals surface area contributed by atoms with Crippen LogP contribution in [0.2, 0.25) is 0 Å². The zero-order valence-corrected chi connectivity index (χ0v) is 7.81. The molecule has 1 unspecified atom stereocenters. The van der Waals surface area contributed by atoms with Gasteiger partial charge in [-0.3, -0.25) is 0 Å². The number of rotatable bonds is 7. The van der Waals surface area contributed by atoms with E-state index in [9.17, 15) is 0 Å². The molecule has 0 fully saturated rings. The Hall–Kier alpha value is -0.0800. The molecule has 0 saturated heterocycles. The molecule has 68 valence electrons. The minimum Gasteiger partial charge on any atom is -0.380 e. The Morgan fingerprint density at radius 1 is 1.27 bits per heavy atom. The molecule has 11 heavy (non-hydrogen) atoms. The Morgan fingerprint density at radius 3 is 2.55 bits per heavy atom. The van der Waals surface area contributed by atoms with Crippen LogP contribution in [0.1, 0.15) is 39.5 Å². The first-order valence-corrected chi connectivity index (χ1v) is 4.64. The second-order valence-electron chi connectivity index (χ2n) is 2.98. The van der Waals surface area contributed by atoms with Crippen LogP contribution in [0.25, 0.3) is 0 Å². The van der Waals surface area contributed by atoms with E-state index in [4.69, 9.17) is 10.5 Å². The van der Waals surface area contributed by atoms with Gasteiger partial charge in [-0.05, 0) is 12.8 Å². The van der Waals surface area contributed by atoms with Crippen LogP contribution in [0.15, 0.2) is 0 Å². The summed E-state index contributed by atoms with van der Waals surface area (Å²) < 4.78 is 5.32. The fourth-order valence-corrected chi connectivity index (χ4v) is 0.929. The van der Waals surface area contributed by atoms with E-state index in [1.807, 2.05) is 0 Å². The first-order valence-electron chi connectivity index (χ1n) is 4.64. The highest BCUT2D eigenvalue weighted by Crippen LogP contribution is 1.98. The summed E-state index contributed by atoms with van der Waals surface area (Å²) in [4.78, 5) is 0. The van der Waals surface area contributed by atoms with E-state index in [1.165, 1.54) is 12.8 Å². The SMILES string of the molecule is CCCCC(N)COCCC. The van der Waals surface area contributed by atoms with Crippen molar-refractivity contribution in [2.45, 2.75) is 45.6 Å². The summed E-state index contributed by atoms with van der Waals surface area (Å²) in [5, 5.41) is 0. The quantitative estimate of drug-likeness (QED) is 0.576. The first kappa shape index (κ1) is 10.9. The molecule has 0 spiro atoms. The Labute approximate surface area is 70.1 Å². The predicted molar refractivity (Wildman–Crippen MR) is 48.6 cm³/mol. The van der Waals surface area contributed by atoms with Gasteiger partial charge in [0.25, 0.3) is 0 Å². The van der Waals surface area contributed by atoms with Crippen LogP contribution in [0, 0.1) is 0 Å². The molecule has 0 aromatic heterocycles. The second kappa shape index (κ2) is 8.02. The minimum absolute atomic E-state index is 0.251. The largest absolute Gasteiger partial charge is 0.380 e. The summed E-state index contributed by atoms with van der Waals surface area (Å²) >= 11 is 0. The smallest absolute Gasteiger partial charge is 0.0617 e. The Kier molecular flexibility index (Phi) is 7.96. The maximum atomic E-state index is 5.78. The van der Waals surface area contributed by atoms with E-state index in [0.29, 0.717) is 0 Å². The van der Waals surface area contributed by atoms with Crippen molar-refractivity contribution in [3.8, 4) is 0 Å². The van der Waals surface area contributed by atoms with Gasteiger partial charge in [0.2, 0.25) is 0 Å². The number of nitrogens with two attached hydrogens (primary N) is 1. The third-order valence-corrected chi connectivity index (χ3v) is 1.61. The maximum absolute atomic E-state index is 5.78. The molecule has 2 N–H and O–H groups in total. The van der Waals surface area contributed by atoms with E-state index in [-0.39, 0.29) is 6.04 Å². The van der Waals surface area contributed by atoms with Gasteiger partial charge in [0, 0.05) is 12.6 Å². The lowest BCUT2D eigenvalue weighted by atomic mass is 10.1. The summed E-state index contributed by atoms with van der Waals surface area (Å²) in [5.74, 6) is 0. The zero-order chi connectivity index (χ0) is 8.53. The van der Waals surface area contributed by atoms with Crippen molar-refractivity contribution < 1.29 is 4.74 Å². The van der Waals surface area contributed by atoms with Crippen molar-refractivity contribution in [3.05, 3.63) is 0 Å². The van der Waals surface area contributed by atoms with Gasteiger partial charge in [-0.1, -0.05) is 26.7 Å². The summed E-state index contributed by atoms with van der Waals surface area (Å²) in [5.41, 5.74) is 5.78. The molecule has 0 amide bonds. The minimum atomic E-state index is 0.251. The molecule has 1 atom stereocenters. The van der Waals surface area contributed by atoms with Crippen molar-refractivity contribution in [2.24, 2.45) is 5.73 Å². The highest BCUT2D eigenvalue weighted by molar-refractivity contribution is 4.58. The van der Waals surface area contributed by atoms with Gasteiger partial charge >= 0.3 is 0 Å². The molecule has 0 aromatic rings. The molecule has 0 aliphatic heterocycles. The van der Waals surface area contributed by atoms with Crippen LogP contribution < -0.4 is 5.73 Å². The van der Waals surface area contributed by atoms with Crippen molar-refractivity contribution in [1.82, 2.24) is 0 Å². The van der Waals surface area contributed by atoms with Crippen LogP contribution in [0.4, 0.5) is 0 Å². The van der Waals surface area contributed by atoms with E-state index in [1.54, 1.807) is 0 Å². The van der Waals surface area contributed by atoms with Crippen LogP contribution in [-0.2, 0) is 4.74 Å². The van der Waals surface area contributed by atoms with E-state index >= 15 is 0 Å². The molecule has 0 aromatic carbocycles. The molecule has 0 heterocycles. The molecule has 0 aliphatic carbocycles. The van der Waals surface area contributed by atoms with Gasteiger partial charge in [-0.2, -0.15) is 0 Å². The molecule has 0 radical (unpaired) electrons. The third kappa shape index (κ3) is 7.82. The number of hydrogen-bond donors (Lipinski definition) is 1. The van der Waals surface area contributed by atoms with Crippen molar-refractivity contribution >= 4 is 0 Å². The standard InChI is InChI=1S/C9H21NO/c1-3-5-6-9(10)8-11-7-4-2/h9H,3-8,10H2,1-2H3. The van der Waals surface area contributed by atoms with Gasteiger partial charge in [0.05, 0.1) is 6.61 Å². The zero-order valence-electron chi connectivity index (χ0n) is 7.81. The molecule has 2 nitrogen and oxygen atoms in total. The molecular weight excluding hydrogens is 138 g/mol. The molecular formula is C9H21NO. The van der Waals surface area contributed by atoms with Gasteiger partial charge in [-0.25, -0.2) is 0 Å². The fourth-order valence-electron chi connectivity index (χ4n) is 0.929. The Morgan fingerprint density at radius 2 is 2.00 bits per heavy atom. The molecule has 0 saturated carbocycles. The topological polar surface area (TPSA) is 35.2 Å². The third-order valence-electron chi connectivity index (χ3n) is 1.61. The average Bonchev–Trinajstić information content (AvgIpc) is 2.01. The molecule has 0 rings (SSSR count). The lowest BCUT2D eigenvalue weighted by molar-refractivity contribution is 0.119. The second-order valence-corrected chi connectivity index (χ2v) is 2.98. The van der Waals surface area contributed by atoms with E-state index in [2.05, 4.69) is 13.8 Å². The molecule has 0 aliphatic rings.